The molecule has 0 saturated carbocycles. The van der Waals surface area contributed by atoms with Crippen LogP contribution in [0.1, 0.15) is 20.6 Å². The third-order valence-corrected chi connectivity index (χ3v) is 0.572. The minimum Gasteiger partial charge on any atom is -0.205 e. The van der Waals surface area contributed by atoms with Gasteiger partial charge in [-0.05, 0) is 6.85 Å². The van der Waals surface area contributed by atoms with Gasteiger partial charge in [0.05, 0.1) is 4.11 Å². The summed E-state index contributed by atoms with van der Waals surface area (Å²) in [5.41, 5.74) is 0. The number of hydrogen-bond donors (Lipinski definition) is 0. The monoisotopic (exact) mass is 118 g/mol. The standard InChI is InChI=1S/C7H10N/c1-2-8-6-4-3-5-7-8/h3-7H,2H2,1H3/q+1/i1D3,2D2,3D,4D,5D,6D,7D. The predicted molar refractivity (Wildman–Crippen MR) is 32.3 cm³/mol. The lowest BCUT2D eigenvalue weighted by molar-refractivity contribution is -0.693. The molecule has 1 heterocycles. The molecule has 42 valence electrons. The summed E-state index contributed by atoms with van der Waals surface area (Å²) in [6.45, 7) is -6.26. The van der Waals surface area contributed by atoms with Gasteiger partial charge < -0.3 is 0 Å². The molecule has 0 atom stereocenters. The summed E-state index contributed by atoms with van der Waals surface area (Å²) in [4.78, 5) is 0. The van der Waals surface area contributed by atoms with Crippen LogP contribution in [0.2, 0.25) is 0 Å². The van der Waals surface area contributed by atoms with Crippen molar-refractivity contribution in [2.24, 2.45) is 0 Å². The Morgan fingerprint density at radius 2 is 2.38 bits per heavy atom. The number of hydrogen-bond acceptors (Lipinski definition) is 0. The van der Waals surface area contributed by atoms with Crippen LogP contribution >= 0.6 is 0 Å². The fraction of sp³-hybridized carbons (Fsp3) is 0.286. The largest absolute Gasteiger partial charge is 0.205 e. The Hall–Kier alpha value is -0.850. The van der Waals surface area contributed by atoms with Crippen LogP contribution in [0.4, 0.5) is 0 Å². The van der Waals surface area contributed by atoms with Crippen LogP contribution in [-0.2, 0) is 6.50 Å². The number of nitrogens with zero attached hydrogens (tertiary/aromatic N) is 1. The molecule has 0 N–H and O–H groups in total. The van der Waals surface area contributed by atoms with Gasteiger partial charge in [-0.2, -0.15) is 0 Å². The van der Waals surface area contributed by atoms with E-state index < -0.39 is 43.8 Å². The van der Waals surface area contributed by atoms with Crippen molar-refractivity contribution in [2.75, 3.05) is 0 Å². The van der Waals surface area contributed by atoms with Gasteiger partial charge in [-0.25, -0.2) is 4.57 Å². The van der Waals surface area contributed by atoms with Crippen molar-refractivity contribution in [3.8, 4) is 0 Å². The highest BCUT2D eigenvalue weighted by atomic mass is 14.9. The predicted octanol–water partition coefficient (Wildman–Crippen LogP) is 0.994. The Kier molecular flexibility index (Phi) is 0.282. The summed E-state index contributed by atoms with van der Waals surface area (Å²) < 4.78 is 73.2. The van der Waals surface area contributed by atoms with Crippen LogP contribution in [-0.4, -0.2) is 0 Å². The molecule has 0 saturated heterocycles. The smallest absolute Gasteiger partial charge is 0.168 e. The van der Waals surface area contributed by atoms with Crippen LogP contribution in [0.15, 0.2) is 30.5 Å². The van der Waals surface area contributed by atoms with Crippen LogP contribution in [0.3, 0.4) is 0 Å². The average Bonchev–Trinajstić information content (AvgIpc) is 2.22. The maximum Gasteiger partial charge on any atom is 0.168 e. The summed E-state index contributed by atoms with van der Waals surface area (Å²) in [6.07, 6.45) is -1.83. The van der Waals surface area contributed by atoms with Crippen molar-refractivity contribution in [3.63, 3.8) is 0 Å². The second kappa shape index (κ2) is 2.46. The molecule has 8 heavy (non-hydrogen) atoms. The van der Waals surface area contributed by atoms with Gasteiger partial charge in [0.15, 0.2) is 12.3 Å². The molecule has 0 aromatic carbocycles. The molecule has 1 aromatic heterocycles. The molecule has 0 spiro atoms. The van der Waals surface area contributed by atoms with E-state index in [4.69, 9.17) is 13.7 Å². The zero-order valence-electron chi connectivity index (χ0n) is 13.9. The Labute approximate surface area is 63.6 Å². The molecule has 0 radical (unpaired) electrons. The second-order valence-corrected chi connectivity index (χ2v) is 1.05. The maximum absolute atomic E-state index is 7.47. The number of rotatable bonds is 1. The zero-order valence-corrected chi connectivity index (χ0v) is 3.95. The van der Waals surface area contributed by atoms with Crippen molar-refractivity contribution in [3.05, 3.63) is 30.5 Å². The van der Waals surface area contributed by atoms with Crippen LogP contribution in [0.25, 0.3) is 0 Å². The molecule has 0 unspecified atom stereocenters. The van der Waals surface area contributed by atoms with Crippen LogP contribution in [0, 0.1) is 0 Å². The first kappa shape index (κ1) is 0.919. The quantitative estimate of drug-likeness (QED) is 0.484. The number of pyridine rings is 1. The van der Waals surface area contributed by atoms with Crippen LogP contribution in [0.5, 0.6) is 0 Å². The Balaban J connectivity index is 3.72. The van der Waals surface area contributed by atoms with Gasteiger partial charge in [-0.1, -0.05) is 6.04 Å². The highest BCUT2D eigenvalue weighted by Crippen LogP contribution is 1.74. The van der Waals surface area contributed by atoms with Gasteiger partial charge in [-0.15, -0.1) is 0 Å². The van der Waals surface area contributed by atoms with Gasteiger partial charge in [0.25, 0.3) is 0 Å². The van der Waals surface area contributed by atoms with Gasteiger partial charge in [0.1, 0.15) is 12.0 Å². The molecule has 0 aliphatic heterocycles. The van der Waals surface area contributed by atoms with Crippen molar-refractivity contribution in [1.82, 2.24) is 0 Å². The SMILES string of the molecule is [2H]c1c([2H])c([2H])[n+](C([2H])([2H])C([2H])([2H])[2H])c([2H])c1[2H]. The molecular formula is C7H10N+. The van der Waals surface area contributed by atoms with E-state index in [0.29, 0.717) is 0 Å². The second-order valence-electron chi connectivity index (χ2n) is 1.05. The lowest BCUT2D eigenvalue weighted by atomic mass is 10.5. The lowest BCUT2D eigenvalue weighted by Gasteiger charge is -1.84. The average molecular weight is 118 g/mol. The molecule has 1 heteroatoms. The first-order chi connectivity index (χ1) is 7.93. The van der Waals surface area contributed by atoms with E-state index in [2.05, 4.69) is 0 Å². The summed E-state index contributed by atoms with van der Waals surface area (Å²) in [7, 11) is 0. The van der Waals surface area contributed by atoms with E-state index in [1.165, 1.54) is 0 Å². The van der Waals surface area contributed by atoms with Gasteiger partial charge in [0.2, 0.25) is 0 Å². The highest BCUT2D eigenvalue weighted by Gasteiger charge is 1.86. The van der Waals surface area contributed by atoms with E-state index in [0.717, 1.165) is 0 Å². The van der Waals surface area contributed by atoms with E-state index in [1.54, 1.807) is 0 Å². The Bertz CT molecular complexity index is 461. The molecule has 0 bridgehead atoms. The van der Waals surface area contributed by atoms with E-state index in [1.807, 2.05) is 0 Å². The lowest BCUT2D eigenvalue weighted by Crippen LogP contribution is -2.30. The molecule has 1 nitrogen and oxygen atoms in total. The van der Waals surface area contributed by atoms with Crippen molar-refractivity contribution in [1.29, 1.82) is 0 Å². The third-order valence-electron chi connectivity index (χ3n) is 0.572. The fourth-order valence-electron chi connectivity index (χ4n) is 0.283. The fourth-order valence-corrected chi connectivity index (χ4v) is 0.283. The molecular weight excluding hydrogens is 98.1 g/mol. The molecule has 0 fully saturated rings. The first-order valence-corrected chi connectivity index (χ1v) is 1.92. The highest BCUT2D eigenvalue weighted by molar-refractivity contribution is 4.83. The molecule has 1 rings (SSSR count). The van der Waals surface area contributed by atoms with Crippen LogP contribution < -0.4 is 4.57 Å². The molecule has 0 aliphatic rings. The minimum absolute atomic E-state index is 0.142. The van der Waals surface area contributed by atoms with E-state index in [9.17, 15) is 0 Å². The molecule has 0 aliphatic carbocycles. The van der Waals surface area contributed by atoms with Gasteiger partial charge in [-0.3, -0.25) is 0 Å². The maximum atomic E-state index is 7.47. The van der Waals surface area contributed by atoms with Crippen molar-refractivity contribution in [2.45, 2.75) is 13.3 Å². The molecule has 0 amide bonds. The van der Waals surface area contributed by atoms with E-state index >= 15 is 0 Å². The normalized spacial score (nSPS) is 30.5. The summed E-state index contributed by atoms with van der Waals surface area (Å²) in [5.74, 6) is 0. The summed E-state index contributed by atoms with van der Waals surface area (Å²) in [5, 5.41) is 0. The van der Waals surface area contributed by atoms with Crippen molar-refractivity contribution < 1.29 is 18.3 Å². The Morgan fingerprint density at radius 3 is 3.00 bits per heavy atom. The summed E-state index contributed by atoms with van der Waals surface area (Å²) >= 11 is 0. The van der Waals surface area contributed by atoms with Gasteiger partial charge >= 0.3 is 0 Å². The van der Waals surface area contributed by atoms with Gasteiger partial charge in [0, 0.05) is 16.2 Å². The van der Waals surface area contributed by atoms with Crippen molar-refractivity contribution >= 4 is 0 Å². The minimum atomic E-state index is -3.16. The first-order valence-electron chi connectivity index (χ1n) is 6.92. The number of aromatic nitrogens is 1. The summed E-state index contributed by atoms with van der Waals surface area (Å²) in [6, 6.07) is -2.28. The topological polar surface area (TPSA) is 3.88 Å². The molecule has 1 aromatic rings. The zero-order chi connectivity index (χ0) is 14.5. The Morgan fingerprint density at radius 1 is 1.62 bits per heavy atom. The van der Waals surface area contributed by atoms with E-state index in [-0.39, 0.29) is 4.57 Å². The third kappa shape index (κ3) is 1.06.